The molecule has 0 aromatic carbocycles. The molecule has 2 saturated carbocycles. The number of rotatable bonds is 6. The molecule has 0 heterocycles. The van der Waals surface area contributed by atoms with Crippen molar-refractivity contribution >= 4 is 18.3 Å². The van der Waals surface area contributed by atoms with Crippen LogP contribution in [0, 0.1) is 10.8 Å². The summed E-state index contributed by atoms with van der Waals surface area (Å²) in [6, 6.07) is 0. The number of amides is 1. The molecule has 2 atom stereocenters. The second-order valence-electron chi connectivity index (χ2n) is 7.23. The minimum absolute atomic E-state index is 0. The monoisotopic (exact) mass is 318 g/mol. The fourth-order valence-corrected chi connectivity index (χ4v) is 3.58. The quantitative estimate of drug-likeness (QED) is 0.791. The molecule has 1 amide bonds. The lowest BCUT2D eigenvalue weighted by Crippen LogP contribution is -2.76. The number of hydrogen-bond donors (Lipinski definition) is 2. The van der Waals surface area contributed by atoms with Gasteiger partial charge in [0, 0.05) is 25.0 Å². The van der Waals surface area contributed by atoms with Crippen LogP contribution in [0.5, 0.6) is 0 Å². The van der Waals surface area contributed by atoms with Gasteiger partial charge in [-0.2, -0.15) is 0 Å². The van der Waals surface area contributed by atoms with Gasteiger partial charge in [0.15, 0.2) is 0 Å². The summed E-state index contributed by atoms with van der Waals surface area (Å²) in [7, 11) is 0. The zero-order valence-corrected chi connectivity index (χ0v) is 14.6. The molecular formula is C16H31ClN2O2. The first-order valence-corrected chi connectivity index (χ1v) is 8.00. The van der Waals surface area contributed by atoms with E-state index in [-0.39, 0.29) is 29.8 Å². The molecule has 2 unspecified atom stereocenters. The van der Waals surface area contributed by atoms with Crippen LogP contribution in [0.3, 0.4) is 0 Å². The average molecular weight is 319 g/mol. The summed E-state index contributed by atoms with van der Waals surface area (Å²) in [5.41, 5.74) is 5.63. The zero-order chi connectivity index (χ0) is 15.0. The van der Waals surface area contributed by atoms with E-state index < -0.39 is 5.54 Å². The Hall–Kier alpha value is -0.320. The zero-order valence-electron chi connectivity index (χ0n) is 13.8. The summed E-state index contributed by atoms with van der Waals surface area (Å²) in [6.07, 6.45) is 5.59. The molecule has 0 bridgehead atoms. The Labute approximate surface area is 135 Å². The summed E-state index contributed by atoms with van der Waals surface area (Å²) < 4.78 is 5.68. The van der Waals surface area contributed by atoms with Crippen LogP contribution in [0.15, 0.2) is 0 Å². The molecule has 0 aromatic heterocycles. The SMILES string of the molecule is CCOC1CC(N)(C(=O)NCC2(CC)CCC2)C1(C)C.Cl. The maximum Gasteiger partial charge on any atom is 0.240 e. The van der Waals surface area contributed by atoms with Crippen LogP contribution in [0.25, 0.3) is 0 Å². The Balaban J connectivity index is 0.00000220. The van der Waals surface area contributed by atoms with Gasteiger partial charge in [-0.05, 0) is 31.6 Å². The van der Waals surface area contributed by atoms with E-state index in [1.54, 1.807) is 0 Å². The van der Waals surface area contributed by atoms with Gasteiger partial charge in [0.1, 0.15) is 5.54 Å². The highest BCUT2D eigenvalue weighted by Gasteiger charge is 2.62. The first-order valence-electron chi connectivity index (χ1n) is 8.00. The van der Waals surface area contributed by atoms with Gasteiger partial charge in [-0.1, -0.05) is 27.2 Å². The maximum absolute atomic E-state index is 12.5. The van der Waals surface area contributed by atoms with Gasteiger partial charge in [-0.25, -0.2) is 0 Å². The summed E-state index contributed by atoms with van der Waals surface area (Å²) >= 11 is 0. The molecule has 0 spiro atoms. The maximum atomic E-state index is 12.5. The van der Waals surface area contributed by atoms with Crippen molar-refractivity contribution in [3.63, 3.8) is 0 Å². The van der Waals surface area contributed by atoms with Gasteiger partial charge in [-0.15, -0.1) is 12.4 Å². The number of hydrogen-bond acceptors (Lipinski definition) is 3. The van der Waals surface area contributed by atoms with Crippen molar-refractivity contribution in [1.29, 1.82) is 0 Å². The fourth-order valence-electron chi connectivity index (χ4n) is 3.58. The van der Waals surface area contributed by atoms with E-state index in [2.05, 4.69) is 12.2 Å². The third-order valence-electron chi connectivity index (χ3n) is 6.02. The lowest BCUT2D eigenvalue weighted by atomic mass is 9.54. The third kappa shape index (κ3) is 2.95. The summed E-state index contributed by atoms with van der Waals surface area (Å²) in [5.74, 6) is -0.00169. The Kier molecular flexibility index (Phi) is 5.73. The molecule has 124 valence electrons. The van der Waals surface area contributed by atoms with E-state index in [0.29, 0.717) is 18.4 Å². The van der Waals surface area contributed by atoms with Gasteiger partial charge in [0.05, 0.1) is 6.10 Å². The van der Waals surface area contributed by atoms with Crippen LogP contribution < -0.4 is 11.1 Å². The molecule has 3 N–H and O–H groups in total. The minimum atomic E-state index is -0.786. The Morgan fingerprint density at radius 2 is 1.95 bits per heavy atom. The van der Waals surface area contributed by atoms with Crippen LogP contribution in [-0.2, 0) is 9.53 Å². The molecule has 0 radical (unpaired) electrons. The first kappa shape index (κ1) is 18.7. The minimum Gasteiger partial charge on any atom is -0.378 e. The van der Waals surface area contributed by atoms with E-state index in [9.17, 15) is 4.79 Å². The number of nitrogens with two attached hydrogens (primary N) is 1. The van der Waals surface area contributed by atoms with Crippen molar-refractivity contribution in [3.05, 3.63) is 0 Å². The largest absolute Gasteiger partial charge is 0.378 e. The van der Waals surface area contributed by atoms with Gasteiger partial charge < -0.3 is 15.8 Å². The number of carbonyl (C=O) groups excluding carboxylic acids is 1. The van der Waals surface area contributed by atoms with Crippen molar-refractivity contribution in [1.82, 2.24) is 5.32 Å². The molecule has 2 rings (SSSR count). The Morgan fingerprint density at radius 1 is 1.33 bits per heavy atom. The Bertz CT molecular complexity index is 377. The topological polar surface area (TPSA) is 64.3 Å². The normalized spacial score (nSPS) is 32.3. The lowest BCUT2D eigenvalue weighted by Gasteiger charge is -2.57. The van der Waals surface area contributed by atoms with Gasteiger partial charge in [-0.3, -0.25) is 4.79 Å². The van der Waals surface area contributed by atoms with Crippen LogP contribution in [0.4, 0.5) is 0 Å². The number of halogens is 1. The second-order valence-corrected chi connectivity index (χ2v) is 7.23. The highest BCUT2D eigenvalue weighted by atomic mass is 35.5. The molecule has 2 fully saturated rings. The fraction of sp³-hybridized carbons (Fsp3) is 0.938. The van der Waals surface area contributed by atoms with E-state index in [0.717, 1.165) is 13.0 Å². The van der Waals surface area contributed by atoms with E-state index in [1.807, 2.05) is 20.8 Å². The first-order chi connectivity index (χ1) is 9.31. The van der Waals surface area contributed by atoms with Crippen LogP contribution in [0.2, 0.25) is 0 Å². The number of ether oxygens (including phenoxy) is 1. The van der Waals surface area contributed by atoms with E-state index in [4.69, 9.17) is 10.5 Å². The van der Waals surface area contributed by atoms with Crippen molar-refractivity contribution < 1.29 is 9.53 Å². The van der Waals surface area contributed by atoms with Crippen molar-refractivity contribution in [3.8, 4) is 0 Å². The molecule has 2 aliphatic carbocycles. The molecular weight excluding hydrogens is 288 g/mol. The summed E-state index contributed by atoms with van der Waals surface area (Å²) in [4.78, 5) is 12.5. The Morgan fingerprint density at radius 3 is 2.33 bits per heavy atom. The highest BCUT2D eigenvalue weighted by molar-refractivity contribution is 5.88. The molecule has 0 aromatic rings. The molecule has 5 heteroatoms. The predicted molar refractivity (Wildman–Crippen MR) is 87.6 cm³/mol. The van der Waals surface area contributed by atoms with Crippen molar-refractivity contribution in [2.24, 2.45) is 16.6 Å². The number of nitrogens with one attached hydrogen (secondary N) is 1. The standard InChI is InChI=1S/C16H30N2O2.ClH/c1-5-15(8-7-9-15)11-18-13(19)16(17)10-12(20-6-2)14(16,3)4;/h12H,5-11,17H2,1-4H3,(H,18,19);1H. The predicted octanol–water partition coefficient (Wildman–Crippen LogP) is 2.64. The van der Waals surface area contributed by atoms with Crippen molar-refractivity contribution in [2.75, 3.05) is 13.2 Å². The summed E-state index contributed by atoms with van der Waals surface area (Å²) in [5, 5.41) is 3.12. The molecule has 21 heavy (non-hydrogen) atoms. The van der Waals surface area contributed by atoms with Crippen molar-refractivity contribution in [2.45, 2.75) is 71.4 Å². The van der Waals surface area contributed by atoms with Gasteiger partial charge in [0.2, 0.25) is 5.91 Å². The smallest absolute Gasteiger partial charge is 0.240 e. The van der Waals surface area contributed by atoms with Crippen LogP contribution in [0.1, 0.15) is 59.8 Å². The summed E-state index contributed by atoms with van der Waals surface area (Å²) in [6.45, 7) is 9.71. The highest BCUT2D eigenvalue weighted by Crippen LogP contribution is 2.50. The van der Waals surface area contributed by atoms with Crippen LogP contribution in [-0.4, -0.2) is 30.7 Å². The number of carbonyl (C=O) groups is 1. The third-order valence-corrected chi connectivity index (χ3v) is 6.02. The van der Waals surface area contributed by atoms with E-state index >= 15 is 0 Å². The average Bonchev–Trinajstić information content (AvgIpc) is 2.37. The van der Waals surface area contributed by atoms with Crippen LogP contribution >= 0.6 is 12.4 Å². The molecule has 0 aliphatic heterocycles. The van der Waals surface area contributed by atoms with E-state index in [1.165, 1.54) is 19.3 Å². The van der Waals surface area contributed by atoms with Gasteiger partial charge >= 0.3 is 0 Å². The van der Waals surface area contributed by atoms with Gasteiger partial charge in [0.25, 0.3) is 0 Å². The lowest BCUT2D eigenvalue weighted by molar-refractivity contribution is -0.171. The molecule has 0 saturated heterocycles. The molecule has 2 aliphatic rings. The molecule has 4 nitrogen and oxygen atoms in total. The second kappa shape index (κ2) is 6.43.